The zero-order valence-electron chi connectivity index (χ0n) is 8.77. The van der Waals surface area contributed by atoms with E-state index in [4.69, 9.17) is 4.74 Å². The first-order valence-electron chi connectivity index (χ1n) is 4.53. The van der Waals surface area contributed by atoms with Crippen LogP contribution in [-0.2, 0) is 14.3 Å². The van der Waals surface area contributed by atoms with Crippen molar-refractivity contribution in [2.75, 3.05) is 0 Å². The monoisotopic (exact) mass is 221 g/mol. The highest BCUT2D eigenvalue weighted by molar-refractivity contribution is 5.92. The molecule has 4 nitrogen and oxygen atoms in total. The number of rotatable bonds is 1. The Balaban J connectivity index is 2.62. The molecule has 1 rings (SSSR count). The molecular formula is C9H13F2NO3. The summed E-state index contributed by atoms with van der Waals surface area (Å²) < 4.78 is 30.4. The normalized spacial score (nSPS) is 24.9. The average Bonchev–Trinajstić information content (AvgIpc) is 2.23. The Morgan fingerprint density at radius 3 is 2.40 bits per heavy atom. The van der Waals surface area contributed by atoms with E-state index in [9.17, 15) is 18.4 Å². The molecule has 15 heavy (non-hydrogen) atoms. The van der Waals surface area contributed by atoms with E-state index in [2.05, 4.69) is 0 Å². The lowest BCUT2D eigenvalue weighted by atomic mass is 10.1. The zero-order chi connectivity index (χ0) is 11.9. The number of esters is 1. The van der Waals surface area contributed by atoms with Crippen molar-refractivity contribution in [3.05, 3.63) is 0 Å². The fraction of sp³-hybridized carbons (Fsp3) is 0.778. The second-order valence-corrected chi connectivity index (χ2v) is 4.47. The van der Waals surface area contributed by atoms with E-state index in [1.54, 1.807) is 20.8 Å². The van der Waals surface area contributed by atoms with Gasteiger partial charge in [-0.3, -0.25) is 4.79 Å². The molecule has 0 spiro atoms. The molecule has 0 bridgehead atoms. The van der Waals surface area contributed by atoms with E-state index in [0.29, 0.717) is 0 Å². The van der Waals surface area contributed by atoms with Crippen LogP contribution >= 0.6 is 0 Å². The van der Waals surface area contributed by atoms with Gasteiger partial charge in [0.25, 0.3) is 5.91 Å². The number of carbonyl (C=O) groups is 2. The van der Waals surface area contributed by atoms with Crippen molar-refractivity contribution in [3.63, 3.8) is 0 Å². The first-order chi connectivity index (χ1) is 6.62. The molecule has 0 unspecified atom stereocenters. The standard InChI is InChI=1S/C9H13F2NO3/c1-8(2,3)15-6(13)5-4-9(10,11)7(14)12-5/h5H,4H2,1-3H3,(H,12,14)/t5-/m0/s1. The highest BCUT2D eigenvalue weighted by atomic mass is 19.3. The number of hydrogen-bond acceptors (Lipinski definition) is 3. The molecule has 1 atom stereocenters. The molecule has 0 aromatic rings. The third-order valence-electron chi connectivity index (χ3n) is 1.79. The zero-order valence-corrected chi connectivity index (χ0v) is 8.77. The van der Waals surface area contributed by atoms with E-state index in [1.807, 2.05) is 5.32 Å². The summed E-state index contributed by atoms with van der Waals surface area (Å²) in [6.45, 7) is 4.87. The van der Waals surface area contributed by atoms with Crippen LogP contribution in [0.15, 0.2) is 0 Å². The lowest BCUT2D eigenvalue weighted by Gasteiger charge is -2.21. The Morgan fingerprint density at radius 2 is 2.07 bits per heavy atom. The van der Waals surface area contributed by atoms with Gasteiger partial charge in [0.15, 0.2) is 0 Å². The lowest BCUT2D eigenvalue weighted by molar-refractivity contribution is -0.157. The maximum Gasteiger partial charge on any atom is 0.329 e. The third kappa shape index (κ3) is 2.87. The Morgan fingerprint density at radius 1 is 1.53 bits per heavy atom. The van der Waals surface area contributed by atoms with Crippen LogP contribution in [0.2, 0.25) is 0 Å². The number of nitrogens with one attached hydrogen (secondary N) is 1. The summed E-state index contributed by atoms with van der Waals surface area (Å²) >= 11 is 0. The number of halogens is 2. The minimum Gasteiger partial charge on any atom is -0.458 e. The van der Waals surface area contributed by atoms with Crippen LogP contribution in [0, 0.1) is 0 Å². The van der Waals surface area contributed by atoms with Crippen LogP contribution in [-0.4, -0.2) is 29.4 Å². The van der Waals surface area contributed by atoms with Gasteiger partial charge in [-0.05, 0) is 20.8 Å². The Kier molecular flexibility index (Phi) is 2.71. The van der Waals surface area contributed by atoms with Crippen LogP contribution in [0.3, 0.4) is 0 Å². The molecule has 0 saturated carbocycles. The molecule has 1 saturated heterocycles. The molecule has 0 radical (unpaired) electrons. The largest absolute Gasteiger partial charge is 0.458 e. The van der Waals surface area contributed by atoms with Crippen molar-refractivity contribution in [2.24, 2.45) is 0 Å². The van der Waals surface area contributed by atoms with Crippen LogP contribution in [0.1, 0.15) is 27.2 Å². The quantitative estimate of drug-likeness (QED) is 0.668. The predicted molar refractivity (Wildman–Crippen MR) is 47.3 cm³/mol. The highest BCUT2D eigenvalue weighted by Gasteiger charge is 2.51. The second kappa shape index (κ2) is 3.43. The van der Waals surface area contributed by atoms with Gasteiger partial charge in [0.1, 0.15) is 11.6 Å². The first-order valence-corrected chi connectivity index (χ1v) is 4.53. The van der Waals surface area contributed by atoms with Crippen LogP contribution in [0.25, 0.3) is 0 Å². The first kappa shape index (κ1) is 11.9. The summed E-state index contributed by atoms with van der Waals surface area (Å²) in [7, 11) is 0. The summed E-state index contributed by atoms with van der Waals surface area (Å²) in [6.07, 6.45) is -0.833. The number of carbonyl (C=O) groups excluding carboxylic acids is 2. The summed E-state index contributed by atoms with van der Waals surface area (Å²) in [5.41, 5.74) is -0.750. The second-order valence-electron chi connectivity index (χ2n) is 4.47. The van der Waals surface area contributed by atoms with E-state index in [0.717, 1.165) is 0 Å². The molecule has 0 aromatic carbocycles. The molecule has 1 aliphatic rings. The van der Waals surface area contributed by atoms with Crippen LogP contribution in [0.5, 0.6) is 0 Å². The highest BCUT2D eigenvalue weighted by Crippen LogP contribution is 2.27. The Hall–Kier alpha value is -1.20. The summed E-state index contributed by atoms with van der Waals surface area (Å²) in [4.78, 5) is 22.0. The molecule has 86 valence electrons. The van der Waals surface area contributed by atoms with Crippen molar-refractivity contribution >= 4 is 11.9 Å². The smallest absolute Gasteiger partial charge is 0.329 e. The molecular weight excluding hydrogens is 208 g/mol. The van der Waals surface area contributed by atoms with Crippen molar-refractivity contribution in [3.8, 4) is 0 Å². The van der Waals surface area contributed by atoms with Crippen LogP contribution in [0.4, 0.5) is 8.78 Å². The maximum atomic E-state index is 12.8. The van der Waals surface area contributed by atoms with Crippen molar-refractivity contribution in [2.45, 2.75) is 44.8 Å². The van der Waals surface area contributed by atoms with Gasteiger partial charge in [0, 0.05) is 0 Å². The van der Waals surface area contributed by atoms with E-state index in [1.165, 1.54) is 0 Å². The van der Waals surface area contributed by atoms with Gasteiger partial charge in [0.05, 0.1) is 6.42 Å². The van der Waals surface area contributed by atoms with Gasteiger partial charge < -0.3 is 10.1 Å². The maximum absolute atomic E-state index is 12.8. The van der Waals surface area contributed by atoms with Gasteiger partial charge in [-0.15, -0.1) is 0 Å². The lowest BCUT2D eigenvalue weighted by Crippen LogP contribution is -2.38. The number of alkyl halides is 2. The topological polar surface area (TPSA) is 55.4 Å². The minimum absolute atomic E-state index is 0.750. The van der Waals surface area contributed by atoms with Gasteiger partial charge in [-0.1, -0.05) is 0 Å². The van der Waals surface area contributed by atoms with Gasteiger partial charge in [-0.25, -0.2) is 4.79 Å². The SMILES string of the molecule is CC(C)(C)OC(=O)[C@@H]1CC(F)(F)C(=O)N1. The molecule has 1 aliphatic heterocycles. The van der Waals surface area contributed by atoms with Gasteiger partial charge in [0.2, 0.25) is 0 Å². The molecule has 0 aliphatic carbocycles. The van der Waals surface area contributed by atoms with Crippen LogP contribution < -0.4 is 5.32 Å². The number of amides is 1. The van der Waals surface area contributed by atoms with Crippen molar-refractivity contribution in [1.29, 1.82) is 0 Å². The van der Waals surface area contributed by atoms with E-state index in [-0.39, 0.29) is 0 Å². The number of hydrogen-bond donors (Lipinski definition) is 1. The molecule has 1 N–H and O–H groups in total. The summed E-state index contributed by atoms with van der Waals surface area (Å²) in [6, 6.07) is -1.24. The summed E-state index contributed by atoms with van der Waals surface area (Å²) in [5.74, 6) is -5.71. The Labute approximate surface area is 86.0 Å². The van der Waals surface area contributed by atoms with E-state index < -0.39 is 35.9 Å². The van der Waals surface area contributed by atoms with Crippen molar-refractivity contribution < 1.29 is 23.1 Å². The number of ether oxygens (including phenoxy) is 1. The average molecular weight is 221 g/mol. The summed E-state index contributed by atoms with van der Waals surface area (Å²) in [5, 5.41) is 1.90. The van der Waals surface area contributed by atoms with Crippen molar-refractivity contribution in [1.82, 2.24) is 5.32 Å². The molecule has 1 heterocycles. The fourth-order valence-corrected chi connectivity index (χ4v) is 1.18. The fourth-order valence-electron chi connectivity index (χ4n) is 1.18. The van der Waals surface area contributed by atoms with Gasteiger partial charge >= 0.3 is 11.9 Å². The minimum atomic E-state index is -3.47. The molecule has 1 fully saturated rings. The molecule has 0 aromatic heterocycles. The van der Waals surface area contributed by atoms with Gasteiger partial charge in [-0.2, -0.15) is 8.78 Å². The third-order valence-corrected chi connectivity index (χ3v) is 1.79. The van der Waals surface area contributed by atoms with E-state index >= 15 is 0 Å². The molecule has 6 heteroatoms. The predicted octanol–water partition coefficient (Wildman–Crippen LogP) is 0.852. The molecule has 1 amide bonds. The Bertz CT molecular complexity index is 296.